The molecule has 1 aromatic carbocycles. The van der Waals surface area contributed by atoms with Gasteiger partial charge in [0.05, 0.1) is 11.8 Å². The molecule has 2 atom stereocenters. The second-order valence-electron chi connectivity index (χ2n) is 5.91. The van der Waals surface area contributed by atoms with Crippen LogP contribution in [-0.4, -0.2) is 47.8 Å². The highest BCUT2D eigenvalue weighted by atomic mass is 32.2. The molecule has 1 heterocycles. The van der Waals surface area contributed by atoms with Crippen LogP contribution in [0.3, 0.4) is 0 Å². The zero-order valence-corrected chi connectivity index (χ0v) is 15.1. The minimum Gasteiger partial charge on any atom is -0.472 e. The maximum atomic E-state index is 11.7. The first-order chi connectivity index (χ1) is 11.2. The van der Waals surface area contributed by atoms with Crippen LogP contribution in [0.25, 0.3) is 0 Å². The van der Waals surface area contributed by atoms with Gasteiger partial charge in [-0.1, -0.05) is 0 Å². The largest absolute Gasteiger partial charge is 0.472 e. The number of carbonyl (C=O) groups excluding carboxylic acids is 1. The first kappa shape index (κ1) is 16.7. The van der Waals surface area contributed by atoms with Crippen molar-refractivity contribution in [2.24, 2.45) is 4.99 Å². The van der Waals surface area contributed by atoms with E-state index in [4.69, 9.17) is 9.73 Å². The molecule has 1 aliphatic heterocycles. The summed E-state index contributed by atoms with van der Waals surface area (Å²) in [5.41, 5.74) is 1.02. The molecular weight excluding hydrogens is 328 g/mol. The molecular formula is C17H22N2O2S2. The third-order valence-electron chi connectivity index (χ3n) is 3.92. The number of amides is 1. The van der Waals surface area contributed by atoms with E-state index in [2.05, 4.69) is 35.8 Å². The van der Waals surface area contributed by atoms with Crippen molar-refractivity contribution in [2.75, 3.05) is 17.8 Å². The maximum absolute atomic E-state index is 11.7. The maximum Gasteiger partial charge on any atom is 0.230 e. The van der Waals surface area contributed by atoms with Crippen molar-refractivity contribution in [1.29, 1.82) is 0 Å². The number of hydrogen-bond donors (Lipinski definition) is 1. The van der Waals surface area contributed by atoms with E-state index in [-0.39, 0.29) is 18.1 Å². The van der Waals surface area contributed by atoms with E-state index in [0.29, 0.717) is 11.8 Å². The number of hydrogen-bond acceptors (Lipinski definition) is 5. The fourth-order valence-corrected chi connectivity index (χ4v) is 3.74. The lowest BCUT2D eigenvalue weighted by Crippen LogP contribution is -2.28. The second kappa shape index (κ2) is 7.62. The zero-order valence-electron chi connectivity index (χ0n) is 13.5. The van der Waals surface area contributed by atoms with Crippen LogP contribution < -0.4 is 5.32 Å². The molecule has 23 heavy (non-hydrogen) atoms. The number of carbonyl (C=O) groups is 1. The summed E-state index contributed by atoms with van der Waals surface area (Å²) in [6.45, 7) is 2.04. The van der Waals surface area contributed by atoms with Crippen LogP contribution in [0.15, 0.2) is 34.2 Å². The van der Waals surface area contributed by atoms with Gasteiger partial charge in [0.15, 0.2) is 0 Å². The molecule has 0 bridgehead atoms. The van der Waals surface area contributed by atoms with E-state index < -0.39 is 0 Å². The molecule has 0 saturated heterocycles. The summed E-state index contributed by atoms with van der Waals surface area (Å²) in [6.07, 6.45) is 4.39. The van der Waals surface area contributed by atoms with Crippen LogP contribution in [0.2, 0.25) is 0 Å². The lowest BCUT2D eigenvalue weighted by atomic mass is 10.2. The first-order valence-electron chi connectivity index (χ1n) is 7.91. The van der Waals surface area contributed by atoms with Crippen LogP contribution in [0.1, 0.15) is 25.3 Å². The molecule has 0 spiro atoms. The molecule has 1 aromatic rings. The number of rotatable bonds is 7. The Bertz CT molecular complexity index is 585. The van der Waals surface area contributed by atoms with Crippen molar-refractivity contribution in [1.82, 2.24) is 5.32 Å². The van der Waals surface area contributed by atoms with Gasteiger partial charge < -0.3 is 10.1 Å². The standard InChI is InChI=1S/C17H22N2O2S2/c1-11-15(9-23-10-16(20)18-13-5-6-13)19-17(21-11)12-3-7-14(22-2)8-4-12/h3-4,7-8,11,13,15H,5-6,9-10H2,1-2H3,(H,18,20). The van der Waals surface area contributed by atoms with Crippen molar-refractivity contribution >= 4 is 35.3 Å². The zero-order chi connectivity index (χ0) is 16.2. The quantitative estimate of drug-likeness (QED) is 0.768. The minimum absolute atomic E-state index is 0.0595. The predicted molar refractivity (Wildman–Crippen MR) is 97.6 cm³/mol. The Morgan fingerprint density at radius 1 is 1.35 bits per heavy atom. The van der Waals surface area contributed by atoms with Gasteiger partial charge in [-0.25, -0.2) is 4.99 Å². The highest BCUT2D eigenvalue weighted by molar-refractivity contribution is 8.00. The van der Waals surface area contributed by atoms with E-state index in [0.717, 1.165) is 30.1 Å². The van der Waals surface area contributed by atoms with Gasteiger partial charge in [-0.3, -0.25) is 4.79 Å². The normalized spacial score (nSPS) is 23.3. The van der Waals surface area contributed by atoms with Gasteiger partial charge >= 0.3 is 0 Å². The van der Waals surface area contributed by atoms with E-state index >= 15 is 0 Å². The van der Waals surface area contributed by atoms with Crippen LogP contribution in [0.4, 0.5) is 0 Å². The van der Waals surface area contributed by atoms with Gasteiger partial charge in [0, 0.05) is 22.3 Å². The number of ether oxygens (including phenoxy) is 1. The van der Waals surface area contributed by atoms with E-state index in [1.54, 1.807) is 23.5 Å². The predicted octanol–water partition coefficient (Wildman–Crippen LogP) is 2.95. The average molecular weight is 351 g/mol. The van der Waals surface area contributed by atoms with Crippen molar-refractivity contribution in [3.8, 4) is 0 Å². The molecule has 124 valence electrons. The Morgan fingerprint density at radius 2 is 2.09 bits per heavy atom. The van der Waals surface area contributed by atoms with Gasteiger partial charge in [-0.05, 0) is 50.3 Å². The van der Waals surface area contributed by atoms with E-state index in [1.165, 1.54) is 4.90 Å². The number of thioether (sulfide) groups is 2. The second-order valence-corrected chi connectivity index (χ2v) is 7.82. The first-order valence-corrected chi connectivity index (χ1v) is 10.3. The molecule has 0 radical (unpaired) electrons. The molecule has 1 N–H and O–H groups in total. The van der Waals surface area contributed by atoms with Crippen molar-refractivity contribution in [3.05, 3.63) is 29.8 Å². The topological polar surface area (TPSA) is 50.7 Å². The fraction of sp³-hybridized carbons (Fsp3) is 0.529. The summed E-state index contributed by atoms with van der Waals surface area (Å²) in [5.74, 6) is 2.18. The summed E-state index contributed by atoms with van der Waals surface area (Å²) in [5, 5.41) is 3.01. The molecule has 4 nitrogen and oxygen atoms in total. The third kappa shape index (κ3) is 4.67. The van der Waals surface area contributed by atoms with Gasteiger partial charge in [0.1, 0.15) is 6.10 Å². The highest BCUT2D eigenvalue weighted by Crippen LogP contribution is 2.23. The summed E-state index contributed by atoms with van der Waals surface area (Å²) in [7, 11) is 0. The third-order valence-corrected chi connectivity index (χ3v) is 5.71. The van der Waals surface area contributed by atoms with Crippen molar-refractivity contribution in [2.45, 2.75) is 42.8 Å². The molecule has 2 aliphatic rings. The molecule has 1 saturated carbocycles. The lowest BCUT2D eigenvalue weighted by molar-refractivity contribution is -0.118. The molecule has 6 heteroatoms. The van der Waals surface area contributed by atoms with Gasteiger partial charge in [0.2, 0.25) is 11.8 Å². The summed E-state index contributed by atoms with van der Waals surface area (Å²) in [6, 6.07) is 8.82. The van der Waals surface area contributed by atoms with Crippen molar-refractivity contribution in [3.63, 3.8) is 0 Å². The summed E-state index contributed by atoms with van der Waals surface area (Å²) >= 11 is 3.35. The van der Waals surface area contributed by atoms with E-state index in [9.17, 15) is 4.79 Å². The van der Waals surface area contributed by atoms with Crippen LogP contribution in [-0.2, 0) is 9.53 Å². The Hall–Kier alpha value is -1.14. The van der Waals surface area contributed by atoms with Crippen LogP contribution >= 0.6 is 23.5 Å². The Balaban J connectivity index is 1.50. The molecule has 1 fully saturated rings. The minimum atomic E-state index is 0.0595. The van der Waals surface area contributed by atoms with Gasteiger partial charge in [-0.15, -0.1) is 23.5 Å². The Kier molecular flexibility index (Phi) is 5.54. The number of benzene rings is 1. The van der Waals surface area contributed by atoms with E-state index in [1.807, 2.05) is 6.92 Å². The fourth-order valence-electron chi connectivity index (χ4n) is 2.36. The average Bonchev–Trinajstić information content (AvgIpc) is 3.29. The lowest BCUT2D eigenvalue weighted by Gasteiger charge is -2.12. The smallest absolute Gasteiger partial charge is 0.230 e. The monoisotopic (exact) mass is 350 g/mol. The molecule has 1 amide bonds. The van der Waals surface area contributed by atoms with Crippen LogP contribution in [0, 0.1) is 0 Å². The molecule has 2 unspecified atom stereocenters. The Labute approximate surface area is 145 Å². The number of nitrogens with zero attached hydrogens (tertiary/aromatic N) is 1. The molecule has 0 aromatic heterocycles. The molecule has 1 aliphatic carbocycles. The summed E-state index contributed by atoms with van der Waals surface area (Å²) in [4.78, 5) is 17.6. The SMILES string of the molecule is CSc1ccc(C2=NC(CSCC(=O)NC3CC3)C(C)O2)cc1. The van der Waals surface area contributed by atoms with Crippen LogP contribution in [0.5, 0.6) is 0 Å². The molecule has 3 rings (SSSR count). The Morgan fingerprint density at radius 3 is 2.74 bits per heavy atom. The van der Waals surface area contributed by atoms with Crippen molar-refractivity contribution < 1.29 is 9.53 Å². The number of nitrogens with one attached hydrogen (secondary N) is 1. The van der Waals surface area contributed by atoms with Gasteiger partial charge in [-0.2, -0.15) is 0 Å². The highest BCUT2D eigenvalue weighted by Gasteiger charge is 2.28. The summed E-state index contributed by atoms with van der Waals surface area (Å²) < 4.78 is 5.89. The number of aliphatic imine (C=N–C) groups is 1. The van der Waals surface area contributed by atoms with Gasteiger partial charge in [0.25, 0.3) is 0 Å².